The molecule has 0 aromatic rings. The first-order valence-corrected chi connectivity index (χ1v) is 8.08. The lowest BCUT2D eigenvalue weighted by Gasteiger charge is -2.04. The van der Waals surface area contributed by atoms with Crippen LogP contribution < -0.4 is 0 Å². The molecule has 0 aromatic heterocycles. The molecule has 0 radical (unpaired) electrons. The van der Waals surface area contributed by atoms with Crippen LogP contribution in [-0.4, -0.2) is 0 Å². The smallest absolute Gasteiger partial charge is 0.0445 e. The van der Waals surface area contributed by atoms with E-state index >= 15 is 0 Å². The fraction of sp³-hybridized carbons (Fsp3) is 1.00. The summed E-state index contributed by atoms with van der Waals surface area (Å²) in [6, 6.07) is 0. The predicted molar refractivity (Wildman–Crippen MR) is 84.7 cm³/mol. The summed E-state index contributed by atoms with van der Waals surface area (Å²) in [6.45, 7) is 17.6. The normalized spacial score (nSPS) is 11.1. The zero-order valence-corrected chi connectivity index (χ0v) is 14.1. The monoisotopic (exact) mass is 244 g/mol. The Hall–Kier alpha value is 0. The van der Waals surface area contributed by atoms with Gasteiger partial charge in [-0.1, -0.05) is 100 Å². The van der Waals surface area contributed by atoms with Gasteiger partial charge in [0.1, 0.15) is 0 Å². The van der Waals surface area contributed by atoms with E-state index in [4.69, 9.17) is 0 Å². The van der Waals surface area contributed by atoms with Crippen molar-refractivity contribution < 1.29 is 0 Å². The Balaban J connectivity index is -0.000000202. The Kier molecular flexibility index (Phi) is 27.8. The molecule has 0 N–H and O–H groups in total. The minimum atomic E-state index is 0.903. The Labute approximate surface area is 113 Å². The summed E-state index contributed by atoms with van der Waals surface area (Å²) in [6.07, 6.45) is 9.68. The van der Waals surface area contributed by atoms with Gasteiger partial charge in [0.15, 0.2) is 0 Å². The van der Waals surface area contributed by atoms with Crippen molar-refractivity contribution in [3.8, 4) is 0 Å². The van der Waals surface area contributed by atoms with Gasteiger partial charge >= 0.3 is 0 Å². The third kappa shape index (κ3) is 31.4. The largest absolute Gasteiger partial charge is 0.0683 e. The molecule has 0 saturated heterocycles. The first-order chi connectivity index (χ1) is 8.08. The van der Waals surface area contributed by atoms with E-state index in [1.807, 2.05) is 13.8 Å². The summed E-state index contributed by atoms with van der Waals surface area (Å²) in [4.78, 5) is 0. The average Bonchev–Trinajstić information content (AvgIpc) is 2.36. The maximum Gasteiger partial charge on any atom is -0.0445 e. The van der Waals surface area contributed by atoms with Gasteiger partial charge in [0.2, 0.25) is 0 Å². The van der Waals surface area contributed by atoms with Crippen LogP contribution in [0.3, 0.4) is 0 Å². The van der Waals surface area contributed by atoms with Gasteiger partial charge in [-0.05, 0) is 11.8 Å². The molecule has 0 amide bonds. The van der Waals surface area contributed by atoms with E-state index in [-0.39, 0.29) is 0 Å². The molecule has 0 bridgehead atoms. The zero-order valence-electron chi connectivity index (χ0n) is 14.1. The van der Waals surface area contributed by atoms with Crippen LogP contribution in [0.5, 0.6) is 0 Å². The van der Waals surface area contributed by atoms with E-state index in [0.717, 1.165) is 11.8 Å². The highest BCUT2D eigenvalue weighted by atomic mass is 14.0. The van der Waals surface area contributed by atoms with Gasteiger partial charge in [-0.15, -0.1) is 0 Å². The van der Waals surface area contributed by atoms with Crippen molar-refractivity contribution in [2.75, 3.05) is 0 Å². The first kappa shape index (κ1) is 22.2. The van der Waals surface area contributed by atoms with Crippen LogP contribution in [-0.2, 0) is 0 Å². The van der Waals surface area contributed by atoms with Crippen LogP contribution in [0.25, 0.3) is 0 Å². The Morgan fingerprint density at radius 1 is 0.706 bits per heavy atom. The van der Waals surface area contributed by atoms with E-state index in [2.05, 4.69) is 41.5 Å². The predicted octanol–water partition coefficient (Wildman–Crippen LogP) is 7.08. The van der Waals surface area contributed by atoms with Crippen molar-refractivity contribution in [1.29, 1.82) is 0 Å². The summed E-state index contributed by atoms with van der Waals surface area (Å²) >= 11 is 0. The Morgan fingerprint density at radius 3 is 1.35 bits per heavy atom. The topological polar surface area (TPSA) is 0 Å². The molecule has 0 fully saturated rings. The van der Waals surface area contributed by atoms with Gasteiger partial charge in [-0.25, -0.2) is 0 Å². The first-order valence-electron chi connectivity index (χ1n) is 8.08. The number of rotatable bonds is 7. The second-order valence-corrected chi connectivity index (χ2v) is 5.19. The van der Waals surface area contributed by atoms with Crippen molar-refractivity contribution in [2.45, 2.75) is 100 Å². The molecule has 108 valence electrons. The number of unbranched alkanes of at least 4 members (excludes halogenated alkanes) is 2. The average molecular weight is 245 g/mol. The standard InChI is InChI=1S/C8H18.C7H16.C2H6/c1-4-6-7-8(3)5-2;1-4-5-6-7(2)3;1-2/h8H,4-7H2,1-3H3;7H,4-6H2,1-3H3;1-2H3. The fourth-order valence-corrected chi connectivity index (χ4v) is 1.37. The molecule has 17 heavy (non-hydrogen) atoms. The maximum absolute atomic E-state index is 2.33. The van der Waals surface area contributed by atoms with Crippen LogP contribution in [0.1, 0.15) is 100 Å². The van der Waals surface area contributed by atoms with Crippen molar-refractivity contribution in [3.05, 3.63) is 0 Å². The Bertz CT molecular complexity index is 94.2. The highest BCUT2D eigenvalue weighted by molar-refractivity contribution is 4.47. The minimum Gasteiger partial charge on any atom is -0.0683 e. The lowest BCUT2D eigenvalue weighted by molar-refractivity contribution is 0.492. The summed E-state index contributed by atoms with van der Waals surface area (Å²) in [5.74, 6) is 1.86. The van der Waals surface area contributed by atoms with Gasteiger partial charge in [0.05, 0.1) is 0 Å². The molecule has 0 nitrogen and oxygen atoms in total. The summed E-state index contributed by atoms with van der Waals surface area (Å²) in [7, 11) is 0. The Morgan fingerprint density at radius 2 is 1.12 bits per heavy atom. The molecule has 0 heterocycles. The minimum absolute atomic E-state index is 0.903. The molecular formula is C17H40. The molecule has 0 saturated carbocycles. The second-order valence-electron chi connectivity index (χ2n) is 5.19. The van der Waals surface area contributed by atoms with Crippen molar-refractivity contribution in [1.82, 2.24) is 0 Å². The SMILES string of the molecule is CC.CCCCC(C)C.CCCCC(C)CC. The highest BCUT2D eigenvalue weighted by Gasteiger charge is 1.94. The van der Waals surface area contributed by atoms with Crippen molar-refractivity contribution in [3.63, 3.8) is 0 Å². The van der Waals surface area contributed by atoms with Crippen LogP contribution in [0.2, 0.25) is 0 Å². The van der Waals surface area contributed by atoms with Crippen LogP contribution >= 0.6 is 0 Å². The molecule has 0 aliphatic carbocycles. The van der Waals surface area contributed by atoms with E-state index in [1.165, 1.54) is 44.9 Å². The van der Waals surface area contributed by atoms with E-state index in [1.54, 1.807) is 0 Å². The van der Waals surface area contributed by atoms with Crippen LogP contribution in [0.15, 0.2) is 0 Å². The second kappa shape index (κ2) is 21.3. The van der Waals surface area contributed by atoms with Gasteiger partial charge in [0, 0.05) is 0 Å². The summed E-state index contributed by atoms with van der Waals surface area (Å²) in [5, 5.41) is 0. The quantitative estimate of drug-likeness (QED) is 0.449. The lowest BCUT2D eigenvalue weighted by atomic mass is 10.0. The van der Waals surface area contributed by atoms with Crippen molar-refractivity contribution >= 4 is 0 Å². The zero-order chi connectivity index (χ0) is 14.1. The maximum atomic E-state index is 2.33. The molecule has 0 aliphatic heterocycles. The molecule has 0 aromatic carbocycles. The molecule has 1 atom stereocenters. The third-order valence-electron chi connectivity index (χ3n) is 2.88. The summed E-state index contributed by atoms with van der Waals surface area (Å²) < 4.78 is 0. The van der Waals surface area contributed by atoms with Gasteiger partial charge in [-0.3, -0.25) is 0 Å². The number of hydrogen-bond acceptors (Lipinski definition) is 0. The van der Waals surface area contributed by atoms with Crippen molar-refractivity contribution in [2.24, 2.45) is 11.8 Å². The lowest BCUT2D eigenvalue weighted by Crippen LogP contribution is -1.89. The fourth-order valence-electron chi connectivity index (χ4n) is 1.37. The molecule has 1 unspecified atom stereocenters. The summed E-state index contributed by atoms with van der Waals surface area (Å²) in [5.41, 5.74) is 0. The number of hydrogen-bond donors (Lipinski definition) is 0. The molecule has 0 heteroatoms. The molecule has 0 rings (SSSR count). The highest BCUT2D eigenvalue weighted by Crippen LogP contribution is 2.09. The molecule has 0 spiro atoms. The van der Waals surface area contributed by atoms with E-state index in [9.17, 15) is 0 Å². The molecule has 0 aliphatic rings. The van der Waals surface area contributed by atoms with Gasteiger partial charge < -0.3 is 0 Å². The van der Waals surface area contributed by atoms with Gasteiger partial charge in [0.25, 0.3) is 0 Å². The van der Waals surface area contributed by atoms with Crippen LogP contribution in [0, 0.1) is 11.8 Å². The van der Waals surface area contributed by atoms with E-state index in [0.29, 0.717) is 0 Å². The van der Waals surface area contributed by atoms with Crippen LogP contribution in [0.4, 0.5) is 0 Å². The van der Waals surface area contributed by atoms with E-state index < -0.39 is 0 Å². The third-order valence-corrected chi connectivity index (χ3v) is 2.88. The van der Waals surface area contributed by atoms with Gasteiger partial charge in [-0.2, -0.15) is 0 Å². The molecular weight excluding hydrogens is 204 g/mol.